The average Bonchev–Trinajstić information content (AvgIpc) is 3.56. The van der Waals surface area contributed by atoms with Gasteiger partial charge in [0.1, 0.15) is 11.4 Å². The van der Waals surface area contributed by atoms with E-state index >= 15 is 0 Å². The van der Waals surface area contributed by atoms with Gasteiger partial charge in [-0.05, 0) is 74.1 Å². The average molecular weight is 610 g/mol. The van der Waals surface area contributed by atoms with Crippen LogP contribution in [0.25, 0.3) is 43.6 Å². The maximum atomic E-state index is 13.7. The Hall–Kier alpha value is -4.08. The number of hydrogen-bond donors (Lipinski definition) is 1. The molecule has 4 heterocycles. The summed E-state index contributed by atoms with van der Waals surface area (Å²) in [6.07, 6.45) is 5.74. The molecule has 0 spiro atoms. The summed E-state index contributed by atoms with van der Waals surface area (Å²) in [5.41, 5.74) is 7.42. The second-order valence-electron chi connectivity index (χ2n) is 12.0. The van der Waals surface area contributed by atoms with Gasteiger partial charge >= 0.3 is 5.97 Å². The minimum atomic E-state index is -0.969. The van der Waals surface area contributed by atoms with Crippen LogP contribution in [-0.4, -0.2) is 57.7 Å². The molecule has 0 unspecified atom stereocenters. The van der Waals surface area contributed by atoms with Crippen molar-refractivity contribution < 1.29 is 24.4 Å². The van der Waals surface area contributed by atoms with E-state index < -0.39 is 5.97 Å². The van der Waals surface area contributed by atoms with Gasteiger partial charge in [-0.15, -0.1) is 11.3 Å². The van der Waals surface area contributed by atoms with E-state index in [1.807, 2.05) is 24.8 Å². The van der Waals surface area contributed by atoms with Gasteiger partial charge in [-0.3, -0.25) is 4.79 Å². The molecule has 2 N–H and O–H groups in total. The number of nitrogens with zero attached hydrogens (tertiary/aromatic N) is 3. The van der Waals surface area contributed by atoms with Gasteiger partial charge in [0.05, 0.1) is 40.7 Å². The molecule has 2 fully saturated rings. The quantitative estimate of drug-likeness (QED) is 0.233. The number of carboxylic acids is 1. The van der Waals surface area contributed by atoms with Crippen LogP contribution in [0.5, 0.6) is 0 Å². The molecule has 0 bridgehead atoms. The number of aryl methyl sites for hydroxylation is 2. The molecular formula is C35H37N4O4S+. The Bertz CT molecular complexity index is 1900. The summed E-state index contributed by atoms with van der Waals surface area (Å²) in [6.45, 7) is 6.41. The van der Waals surface area contributed by atoms with Crippen molar-refractivity contribution in [2.45, 2.75) is 58.4 Å². The van der Waals surface area contributed by atoms with Gasteiger partial charge in [0.15, 0.2) is 0 Å². The van der Waals surface area contributed by atoms with Gasteiger partial charge in [0.2, 0.25) is 17.1 Å². The molecule has 1 amide bonds. The van der Waals surface area contributed by atoms with Crippen LogP contribution < -0.4 is 4.98 Å². The van der Waals surface area contributed by atoms with Gasteiger partial charge in [0, 0.05) is 36.0 Å². The second kappa shape index (κ2) is 11.8. The fraction of sp³-hybridized carbons (Fsp3) is 0.371. The maximum absolute atomic E-state index is 13.7. The third-order valence-electron chi connectivity index (χ3n) is 9.19. The summed E-state index contributed by atoms with van der Waals surface area (Å²) in [5.74, 6) is -0.599. The molecule has 0 atom stereocenters. The Balaban J connectivity index is 1.41. The summed E-state index contributed by atoms with van der Waals surface area (Å²) in [4.78, 5) is 37.0. The zero-order valence-electron chi connectivity index (χ0n) is 25.2. The van der Waals surface area contributed by atoms with E-state index in [0.717, 1.165) is 67.2 Å². The van der Waals surface area contributed by atoms with Gasteiger partial charge < -0.3 is 19.3 Å². The highest BCUT2D eigenvalue weighted by molar-refractivity contribution is 7.15. The number of hydrogen-bond acceptors (Lipinski definition) is 5. The number of aromatic carboxylic acids is 1. The molecule has 8 nitrogen and oxygen atoms in total. The summed E-state index contributed by atoms with van der Waals surface area (Å²) in [5, 5.41) is 13.1. The monoisotopic (exact) mass is 609 g/mol. The molecule has 44 heavy (non-hydrogen) atoms. The molecule has 1 aliphatic heterocycles. The summed E-state index contributed by atoms with van der Waals surface area (Å²) in [6, 6.07) is 16.1. The van der Waals surface area contributed by atoms with Gasteiger partial charge in [-0.25, -0.2) is 14.8 Å². The number of ether oxygens (including phenoxy) is 1. The Labute approximate surface area is 260 Å². The molecule has 226 valence electrons. The zero-order chi connectivity index (χ0) is 30.4. The van der Waals surface area contributed by atoms with Crippen molar-refractivity contribution in [3.05, 3.63) is 70.4 Å². The van der Waals surface area contributed by atoms with Crippen molar-refractivity contribution in [3.63, 3.8) is 0 Å². The highest BCUT2D eigenvalue weighted by Crippen LogP contribution is 2.45. The van der Waals surface area contributed by atoms with Crippen LogP contribution >= 0.6 is 11.3 Å². The predicted molar refractivity (Wildman–Crippen MR) is 172 cm³/mol. The minimum absolute atomic E-state index is 0.0244. The number of fused-ring (bicyclic) bond motifs is 2. The van der Waals surface area contributed by atoms with E-state index in [-0.39, 0.29) is 18.0 Å². The Morgan fingerprint density at radius 1 is 1.02 bits per heavy atom. The number of benzene rings is 2. The van der Waals surface area contributed by atoms with Crippen molar-refractivity contribution >= 4 is 45.0 Å². The van der Waals surface area contributed by atoms with Crippen molar-refractivity contribution in [1.82, 2.24) is 14.5 Å². The number of H-pyrrole nitrogens is 1. The first kappa shape index (κ1) is 28.7. The zero-order valence-corrected chi connectivity index (χ0v) is 26.0. The molecule has 1 saturated carbocycles. The lowest BCUT2D eigenvalue weighted by atomic mass is 9.81. The number of morpholine rings is 1. The van der Waals surface area contributed by atoms with Crippen LogP contribution in [0.2, 0.25) is 0 Å². The molecule has 1 saturated heterocycles. The highest BCUT2D eigenvalue weighted by Gasteiger charge is 2.29. The SMILES string of the molecule is Cc1nc(C)c(-c2ccc3cc(-c4c(C5CCCCC5)c5ccc(C(=O)O)cc5n4CC(=O)N4CCOCC4)ccc3[nH+]2)s1. The standard InChI is InChI=1S/C35H36N4O4S/c1-21-34(44-22(2)36-21)29-13-9-24-18-25(10-12-28(24)37-29)33-32(23-6-4-3-5-7-23)27-11-8-26(35(41)42)19-30(27)39(33)20-31(40)38-14-16-43-17-15-38/h8-13,18-19,23H,3-7,14-17,20H2,1-2H3,(H,41,42)/p+1. The molecule has 5 aromatic rings. The van der Waals surface area contributed by atoms with E-state index in [1.165, 1.54) is 24.8 Å². The summed E-state index contributed by atoms with van der Waals surface area (Å²) < 4.78 is 7.59. The third kappa shape index (κ3) is 5.28. The molecule has 2 aromatic carbocycles. The Kier molecular flexibility index (Phi) is 7.68. The van der Waals surface area contributed by atoms with E-state index in [2.05, 4.69) is 44.9 Å². The van der Waals surface area contributed by atoms with E-state index in [1.54, 1.807) is 23.5 Å². The normalized spacial score (nSPS) is 16.2. The second-order valence-corrected chi connectivity index (χ2v) is 13.2. The minimum Gasteiger partial charge on any atom is -0.478 e. The fourth-order valence-corrected chi connectivity index (χ4v) is 7.97. The number of nitrogens with one attached hydrogen (secondary N) is 1. The number of carbonyl (C=O) groups is 2. The number of aromatic nitrogens is 3. The van der Waals surface area contributed by atoms with Crippen LogP contribution in [0.4, 0.5) is 0 Å². The first-order chi connectivity index (χ1) is 21.4. The number of rotatable bonds is 6. The molecule has 0 radical (unpaired) electrons. The molecule has 7 rings (SSSR count). The topological polar surface area (TPSA) is 98.8 Å². The first-order valence-electron chi connectivity index (χ1n) is 15.5. The van der Waals surface area contributed by atoms with E-state index in [9.17, 15) is 14.7 Å². The molecule has 1 aliphatic carbocycles. The number of aromatic amines is 1. The molecule has 9 heteroatoms. The third-order valence-corrected chi connectivity index (χ3v) is 10.3. The number of thiazole rings is 1. The van der Waals surface area contributed by atoms with Gasteiger partial charge in [0.25, 0.3) is 0 Å². The largest absolute Gasteiger partial charge is 0.478 e. The predicted octanol–water partition coefficient (Wildman–Crippen LogP) is 6.62. The van der Waals surface area contributed by atoms with Gasteiger partial charge in [-0.1, -0.05) is 25.3 Å². The smallest absolute Gasteiger partial charge is 0.335 e. The van der Waals surface area contributed by atoms with E-state index in [4.69, 9.17) is 4.74 Å². The van der Waals surface area contributed by atoms with Crippen molar-refractivity contribution in [2.75, 3.05) is 26.3 Å². The molecule has 3 aromatic heterocycles. The lowest BCUT2D eigenvalue weighted by molar-refractivity contribution is -0.330. The van der Waals surface area contributed by atoms with Crippen LogP contribution in [0.3, 0.4) is 0 Å². The van der Waals surface area contributed by atoms with Crippen LogP contribution in [-0.2, 0) is 16.1 Å². The molecule has 2 aliphatic rings. The van der Waals surface area contributed by atoms with Crippen molar-refractivity contribution in [3.8, 4) is 21.8 Å². The highest BCUT2D eigenvalue weighted by atomic mass is 32.1. The number of amides is 1. The Morgan fingerprint density at radius 2 is 1.82 bits per heavy atom. The summed E-state index contributed by atoms with van der Waals surface area (Å²) in [7, 11) is 0. The van der Waals surface area contributed by atoms with Crippen LogP contribution in [0.1, 0.15) is 64.6 Å². The van der Waals surface area contributed by atoms with Crippen molar-refractivity contribution in [2.24, 2.45) is 0 Å². The fourth-order valence-electron chi connectivity index (χ4n) is 7.07. The number of carbonyl (C=O) groups excluding carboxylic acids is 1. The number of carboxylic acid groups (broad SMARTS) is 1. The Morgan fingerprint density at radius 3 is 2.55 bits per heavy atom. The van der Waals surface area contributed by atoms with Gasteiger partial charge in [-0.2, -0.15) is 0 Å². The van der Waals surface area contributed by atoms with E-state index in [0.29, 0.717) is 32.2 Å². The first-order valence-corrected chi connectivity index (χ1v) is 16.3. The number of pyridine rings is 1. The lowest BCUT2D eigenvalue weighted by Gasteiger charge is -2.28. The van der Waals surface area contributed by atoms with Crippen molar-refractivity contribution in [1.29, 1.82) is 0 Å². The van der Waals surface area contributed by atoms with Crippen LogP contribution in [0.15, 0.2) is 48.5 Å². The van der Waals surface area contributed by atoms with Crippen LogP contribution in [0, 0.1) is 13.8 Å². The lowest BCUT2D eigenvalue weighted by Crippen LogP contribution is -2.42. The maximum Gasteiger partial charge on any atom is 0.335 e. The summed E-state index contributed by atoms with van der Waals surface area (Å²) >= 11 is 1.69. The molecular weight excluding hydrogens is 572 g/mol.